The first-order valence-electron chi connectivity index (χ1n) is 6.49. The number of piperidine rings is 1. The van der Waals surface area contributed by atoms with Gasteiger partial charge in [0, 0.05) is 26.2 Å². The van der Waals surface area contributed by atoms with Gasteiger partial charge in [-0.1, -0.05) is 0 Å². The zero-order valence-corrected chi connectivity index (χ0v) is 10.9. The van der Waals surface area contributed by atoms with Gasteiger partial charge in [-0.2, -0.15) is 5.10 Å². The summed E-state index contributed by atoms with van der Waals surface area (Å²) in [5.41, 5.74) is 5.62. The van der Waals surface area contributed by atoms with E-state index in [-0.39, 0.29) is 0 Å². The maximum absolute atomic E-state index is 5.62. The van der Waals surface area contributed by atoms with Crippen LogP contribution in [0.25, 0.3) is 0 Å². The normalized spacial score (nSPS) is 21.9. The molecule has 17 heavy (non-hydrogen) atoms. The Morgan fingerprint density at radius 3 is 2.88 bits per heavy atom. The summed E-state index contributed by atoms with van der Waals surface area (Å²) in [6.07, 6.45) is 2.57. The highest BCUT2D eigenvalue weighted by atomic mass is 15.3. The van der Waals surface area contributed by atoms with E-state index in [9.17, 15) is 0 Å². The van der Waals surface area contributed by atoms with Crippen molar-refractivity contribution in [3.05, 3.63) is 11.6 Å². The Bertz CT molecular complexity index is 358. The van der Waals surface area contributed by atoms with Crippen LogP contribution in [0, 0.1) is 19.8 Å². The molecule has 1 fully saturated rings. The summed E-state index contributed by atoms with van der Waals surface area (Å²) < 4.78 is 2.05. The summed E-state index contributed by atoms with van der Waals surface area (Å²) in [4.78, 5) is 6.82. The molecule has 1 aromatic rings. The Morgan fingerprint density at radius 1 is 1.41 bits per heavy atom. The molecule has 1 saturated heterocycles. The van der Waals surface area contributed by atoms with Crippen molar-refractivity contribution >= 4 is 0 Å². The molecular weight excluding hydrogens is 214 g/mol. The van der Waals surface area contributed by atoms with E-state index in [1.54, 1.807) is 0 Å². The fraction of sp³-hybridized carbons (Fsp3) is 0.833. The van der Waals surface area contributed by atoms with Gasteiger partial charge >= 0.3 is 0 Å². The Hall–Kier alpha value is -0.940. The van der Waals surface area contributed by atoms with Gasteiger partial charge in [0.15, 0.2) is 0 Å². The Morgan fingerprint density at radius 2 is 2.24 bits per heavy atom. The van der Waals surface area contributed by atoms with E-state index < -0.39 is 0 Å². The van der Waals surface area contributed by atoms with E-state index in [1.807, 2.05) is 18.5 Å². The van der Waals surface area contributed by atoms with Gasteiger partial charge in [-0.05, 0) is 39.2 Å². The first kappa shape index (κ1) is 12.5. The highest BCUT2D eigenvalue weighted by Crippen LogP contribution is 2.18. The van der Waals surface area contributed by atoms with Crippen molar-refractivity contribution in [2.75, 3.05) is 26.2 Å². The fourth-order valence-corrected chi connectivity index (χ4v) is 2.66. The van der Waals surface area contributed by atoms with E-state index in [0.29, 0.717) is 5.92 Å². The first-order chi connectivity index (χ1) is 8.19. The zero-order chi connectivity index (χ0) is 12.3. The van der Waals surface area contributed by atoms with Crippen LogP contribution in [-0.2, 0) is 6.54 Å². The topological polar surface area (TPSA) is 60.0 Å². The SMILES string of the molecule is Cc1nc(C)n(CC2CCCN(CCN)C2)n1. The number of nitrogens with zero attached hydrogens (tertiary/aromatic N) is 4. The minimum Gasteiger partial charge on any atom is -0.329 e. The predicted octanol–water partition coefficient (Wildman–Crippen LogP) is 0.566. The van der Waals surface area contributed by atoms with Gasteiger partial charge in [0.05, 0.1) is 0 Å². The summed E-state index contributed by atoms with van der Waals surface area (Å²) in [6, 6.07) is 0. The number of rotatable bonds is 4. The number of aromatic nitrogens is 3. The van der Waals surface area contributed by atoms with Gasteiger partial charge in [-0.25, -0.2) is 9.67 Å². The quantitative estimate of drug-likeness (QED) is 0.831. The molecule has 1 aromatic heterocycles. The highest BCUT2D eigenvalue weighted by molar-refractivity contribution is 4.88. The van der Waals surface area contributed by atoms with Crippen molar-refractivity contribution in [1.29, 1.82) is 0 Å². The Balaban J connectivity index is 1.92. The third-order valence-electron chi connectivity index (χ3n) is 3.44. The van der Waals surface area contributed by atoms with Crippen LogP contribution in [0.2, 0.25) is 0 Å². The zero-order valence-electron chi connectivity index (χ0n) is 10.9. The van der Waals surface area contributed by atoms with Crippen molar-refractivity contribution in [3.8, 4) is 0 Å². The van der Waals surface area contributed by atoms with Crippen LogP contribution in [0.3, 0.4) is 0 Å². The van der Waals surface area contributed by atoms with Crippen LogP contribution in [0.1, 0.15) is 24.5 Å². The number of aryl methyl sites for hydroxylation is 2. The third kappa shape index (κ3) is 3.26. The number of hydrogen-bond donors (Lipinski definition) is 1. The van der Waals surface area contributed by atoms with Crippen LogP contribution < -0.4 is 5.73 Å². The van der Waals surface area contributed by atoms with Gasteiger partial charge in [-0.3, -0.25) is 0 Å². The second-order valence-corrected chi connectivity index (χ2v) is 4.99. The van der Waals surface area contributed by atoms with Crippen LogP contribution >= 0.6 is 0 Å². The molecule has 1 atom stereocenters. The van der Waals surface area contributed by atoms with Crippen LogP contribution in [0.4, 0.5) is 0 Å². The van der Waals surface area contributed by atoms with Crippen molar-refractivity contribution < 1.29 is 0 Å². The lowest BCUT2D eigenvalue weighted by Gasteiger charge is -2.32. The minimum absolute atomic E-state index is 0.690. The molecule has 2 N–H and O–H groups in total. The molecule has 0 aromatic carbocycles. The molecule has 0 bridgehead atoms. The van der Waals surface area contributed by atoms with Crippen molar-refractivity contribution in [2.24, 2.45) is 11.7 Å². The summed E-state index contributed by atoms with van der Waals surface area (Å²) in [6.45, 7) is 9.10. The molecule has 96 valence electrons. The van der Waals surface area contributed by atoms with Crippen LogP contribution in [0.15, 0.2) is 0 Å². The van der Waals surface area contributed by atoms with Crippen LogP contribution in [-0.4, -0.2) is 45.8 Å². The molecule has 0 aliphatic carbocycles. The molecule has 1 unspecified atom stereocenters. The van der Waals surface area contributed by atoms with E-state index >= 15 is 0 Å². The molecule has 1 aliphatic rings. The summed E-state index contributed by atoms with van der Waals surface area (Å²) in [5, 5.41) is 4.44. The lowest BCUT2D eigenvalue weighted by molar-refractivity contribution is 0.163. The Kier molecular flexibility index (Phi) is 4.12. The monoisotopic (exact) mass is 237 g/mol. The van der Waals surface area contributed by atoms with E-state index in [0.717, 1.165) is 37.8 Å². The second-order valence-electron chi connectivity index (χ2n) is 4.99. The molecule has 0 spiro atoms. The fourth-order valence-electron chi connectivity index (χ4n) is 2.66. The van der Waals surface area contributed by atoms with Gasteiger partial charge in [-0.15, -0.1) is 0 Å². The maximum Gasteiger partial charge on any atom is 0.147 e. The number of nitrogens with two attached hydrogens (primary N) is 1. The average Bonchev–Trinajstić information content (AvgIpc) is 2.58. The lowest BCUT2D eigenvalue weighted by Crippen LogP contribution is -2.39. The molecule has 5 heteroatoms. The molecule has 2 rings (SSSR count). The van der Waals surface area contributed by atoms with Gasteiger partial charge in [0.1, 0.15) is 11.6 Å². The lowest BCUT2D eigenvalue weighted by atomic mass is 9.98. The van der Waals surface area contributed by atoms with Crippen LogP contribution in [0.5, 0.6) is 0 Å². The number of likely N-dealkylation sites (tertiary alicyclic amines) is 1. The van der Waals surface area contributed by atoms with E-state index in [1.165, 1.54) is 19.4 Å². The van der Waals surface area contributed by atoms with Gasteiger partial charge in [0.25, 0.3) is 0 Å². The maximum atomic E-state index is 5.62. The van der Waals surface area contributed by atoms with Crippen molar-refractivity contribution in [3.63, 3.8) is 0 Å². The largest absolute Gasteiger partial charge is 0.329 e. The third-order valence-corrected chi connectivity index (χ3v) is 3.44. The smallest absolute Gasteiger partial charge is 0.147 e. The molecule has 5 nitrogen and oxygen atoms in total. The van der Waals surface area contributed by atoms with Gasteiger partial charge < -0.3 is 10.6 Å². The molecule has 0 saturated carbocycles. The molecule has 2 heterocycles. The molecule has 0 amide bonds. The average molecular weight is 237 g/mol. The summed E-state index contributed by atoms with van der Waals surface area (Å²) >= 11 is 0. The first-order valence-corrected chi connectivity index (χ1v) is 6.49. The minimum atomic E-state index is 0.690. The van der Waals surface area contributed by atoms with Gasteiger partial charge in [0.2, 0.25) is 0 Å². The Labute approximate surface area is 103 Å². The summed E-state index contributed by atoms with van der Waals surface area (Å²) in [7, 11) is 0. The summed E-state index contributed by atoms with van der Waals surface area (Å²) in [5.74, 6) is 2.59. The molecular formula is C12H23N5. The number of hydrogen-bond acceptors (Lipinski definition) is 4. The predicted molar refractivity (Wildman–Crippen MR) is 67.7 cm³/mol. The standard InChI is InChI=1S/C12H23N5/c1-10-14-11(2)17(15-10)9-12-4-3-6-16(8-12)7-5-13/h12H,3-9,13H2,1-2H3. The highest BCUT2D eigenvalue weighted by Gasteiger charge is 2.20. The van der Waals surface area contributed by atoms with E-state index in [4.69, 9.17) is 5.73 Å². The molecule has 1 aliphatic heterocycles. The second kappa shape index (κ2) is 5.60. The van der Waals surface area contributed by atoms with Crippen molar-refractivity contribution in [1.82, 2.24) is 19.7 Å². The van der Waals surface area contributed by atoms with Crippen molar-refractivity contribution in [2.45, 2.75) is 33.2 Å². The molecule has 0 radical (unpaired) electrons. The van der Waals surface area contributed by atoms with E-state index in [2.05, 4.69) is 15.0 Å².